The molecule has 0 N–H and O–H groups in total. The van der Waals surface area contributed by atoms with Crippen molar-refractivity contribution < 1.29 is 14.3 Å². The van der Waals surface area contributed by atoms with Crippen LogP contribution >= 0.6 is 0 Å². The number of Topliss-reactive ketones (excluding diaryl/α,β-unsaturated/α-hetero) is 1. The zero-order valence-electron chi connectivity index (χ0n) is 9.11. The largest absolute Gasteiger partial charge is 0.421 e. The van der Waals surface area contributed by atoms with Gasteiger partial charge in [0.2, 0.25) is 5.78 Å². The van der Waals surface area contributed by atoms with E-state index >= 15 is 0 Å². The number of hydrogen-bond donors (Lipinski definition) is 0. The monoisotopic (exact) mass is 206 g/mol. The summed E-state index contributed by atoms with van der Waals surface area (Å²) in [7, 11) is 0. The van der Waals surface area contributed by atoms with Gasteiger partial charge >= 0.3 is 5.97 Å². The zero-order valence-corrected chi connectivity index (χ0v) is 9.11. The summed E-state index contributed by atoms with van der Waals surface area (Å²) in [6.45, 7) is 5.35. The van der Waals surface area contributed by atoms with Crippen LogP contribution in [0.3, 0.4) is 0 Å². The SMILES string of the molecule is CC(=O)C(=O)Oc1ccc(C(C)C)cc1. The molecular formula is C12H14O3. The Labute approximate surface area is 89.1 Å². The number of ether oxygens (including phenoxy) is 1. The van der Waals surface area contributed by atoms with Crippen LogP contribution < -0.4 is 4.74 Å². The number of rotatable bonds is 3. The highest BCUT2D eigenvalue weighted by molar-refractivity contribution is 6.33. The van der Waals surface area contributed by atoms with E-state index in [1.54, 1.807) is 12.1 Å². The molecule has 1 rings (SSSR count). The lowest BCUT2D eigenvalue weighted by molar-refractivity contribution is -0.146. The fraction of sp³-hybridized carbons (Fsp3) is 0.333. The van der Waals surface area contributed by atoms with E-state index in [1.807, 2.05) is 12.1 Å². The summed E-state index contributed by atoms with van der Waals surface area (Å²) in [5.74, 6) is -0.586. The molecular weight excluding hydrogens is 192 g/mol. The Morgan fingerprint density at radius 2 is 1.67 bits per heavy atom. The van der Waals surface area contributed by atoms with Crippen molar-refractivity contribution in [2.75, 3.05) is 0 Å². The maximum absolute atomic E-state index is 11.0. The fourth-order valence-electron chi connectivity index (χ4n) is 1.10. The molecule has 0 atom stereocenters. The summed E-state index contributed by atoms with van der Waals surface area (Å²) in [5, 5.41) is 0. The van der Waals surface area contributed by atoms with Gasteiger partial charge in [-0.1, -0.05) is 26.0 Å². The lowest BCUT2D eigenvalue weighted by Gasteiger charge is -2.06. The lowest BCUT2D eigenvalue weighted by atomic mass is 10.0. The Balaban J connectivity index is 2.73. The van der Waals surface area contributed by atoms with E-state index in [0.29, 0.717) is 11.7 Å². The average Bonchev–Trinajstić information content (AvgIpc) is 2.18. The third-order valence-electron chi connectivity index (χ3n) is 2.04. The van der Waals surface area contributed by atoms with Gasteiger partial charge in [0, 0.05) is 6.92 Å². The first-order valence-electron chi connectivity index (χ1n) is 4.83. The molecule has 0 spiro atoms. The van der Waals surface area contributed by atoms with E-state index in [9.17, 15) is 9.59 Å². The first kappa shape index (κ1) is 11.4. The fourth-order valence-corrected chi connectivity index (χ4v) is 1.10. The van der Waals surface area contributed by atoms with Crippen LogP contribution in [0.2, 0.25) is 0 Å². The van der Waals surface area contributed by atoms with Crippen molar-refractivity contribution in [2.45, 2.75) is 26.7 Å². The van der Waals surface area contributed by atoms with Gasteiger partial charge in [0.25, 0.3) is 0 Å². The van der Waals surface area contributed by atoms with Crippen molar-refractivity contribution in [1.82, 2.24) is 0 Å². The summed E-state index contributed by atoms with van der Waals surface area (Å²) < 4.78 is 4.82. The summed E-state index contributed by atoms with van der Waals surface area (Å²) >= 11 is 0. The maximum atomic E-state index is 11.0. The minimum atomic E-state index is -0.827. The number of ketones is 1. The molecule has 0 aliphatic heterocycles. The molecule has 0 fully saturated rings. The third kappa shape index (κ3) is 3.20. The van der Waals surface area contributed by atoms with Crippen LogP contribution in [0.4, 0.5) is 0 Å². The Bertz CT molecular complexity index is 363. The number of benzene rings is 1. The molecule has 1 aromatic rings. The predicted octanol–water partition coefficient (Wildman–Crippen LogP) is 2.30. The van der Waals surface area contributed by atoms with E-state index in [-0.39, 0.29) is 0 Å². The molecule has 0 unspecified atom stereocenters. The van der Waals surface area contributed by atoms with E-state index in [0.717, 1.165) is 5.56 Å². The van der Waals surface area contributed by atoms with Crippen molar-refractivity contribution >= 4 is 11.8 Å². The van der Waals surface area contributed by atoms with Gasteiger partial charge in [0.15, 0.2) is 0 Å². The third-order valence-corrected chi connectivity index (χ3v) is 2.04. The summed E-state index contributed by atoms with van der Waals surface area (Å²) in [6.07, 6.45) is 0. The number of esters is 1. The van der Waals surface area contributed by atoms with Crippen LogP contribution in [-0.4, -0.2) is 11.8 Å². The van der Waals surface area contributed by atoms with Gasteiger partial charge in [-0.15, -0.1) is 0 Å². The molecule has 15 heavy (non-hydrogen) atoms. The molecule has 3 heteroatoms. The first-order valence-corrected chi connectivity index (χ1v) is 4.83. The summed E-state index contributed by atoms with van der Waals surface area (Å²) in [4.78, 5) is 21.6. The highest BCUT2D eigenvalue weighted by Gasteiger charge is 2.10. The summed E-state index contributed by atoms with van der Waals surface area (Å²) in [6, 6.07) is 7.15. The summed E-state index contributed by atoms with van der Waals surface area (Å²) in [5.41, 5.74) is 1.16. The Morgan fingerprint density at radius 3 is 2.07 bits per heavy atom. The van der Waals surface area contributed by atoms with Crippen LogP contribution in [0.5, 0.6) is 5.75 Å². The molecule has 0 saturated carbocycles. The van der Waals surface area contributed by atoms with Gasteiger partial charge in [0.1, 0.15) is 5.75 Å². The van der Waals surface area contributed by atoms with Crippen LogP contribution in [0, 0.1) is 0 Å². The second-order valence-electron chi connectivity index (χ2n) is 3.67. The normalized spacial score (nSPS) is 10.1. The standard InChI is InChI=1S/C12H14O3/c1-8(2)10-4-6-11(7-5-10)15-12(14)9(3)13/h4-8H,1-3H3. The van der Waals surface area contributed by atoms with Crippen LogP contribution in [0.1, 0.15) is 32.3 Å². The van der Waals surface area contributed by atoms with Crippen LogP contribution in [-0.2, 0) is 9.59 Å². The molecule has 3 nitrogen and oxygen atoms in total. The van der Waals surface area contributed by atoms with Crippen molar-refractivity contribution in [2.24, 2.45) is 0 Å². The Hall–Kier alpha value is -1.64. The van der Waals surface area contributed by atoms with Gasteiger partial charge in [-0.2, -0.15) is 0 Å². The number of carbonyl (C=O) groups excluding carboxylic acids is 2. The van der Waals surface area contributed by atoms with Crippen molar-refractivity contribution in [3.8, 4) is 5.75 Å². The zero-order chi connectivity index (χ0) is 11.4. The van der Waals surface area contributed by atoms with E-state index in [2.05, 4.69) is 13.8 Å². The van der Waals surface area contributed by atoms with Gasteiger partial charge in [-0.25, -0.2) is 4.79 Å². The first-order chi connectivity index (χ1) is 7.00. The van der Waals surface area contributed by atoms with Crippen molar-refractivity contribution in [3.05, 3.63) is 29.8 Å². The van der Waals surface area contributed by atoms with E-state index < -0.39 is 11.8 Å². The average molecular weight is 206 g/mol. The van der Waals surface area contributed by atoms with Gasteiger partial charge in [0.05, 0.1) is 0 Å². The molecule has 0 saturated heterocycles. The molecule has 0 amide bonds. The van der Waals surface area contributed by atoms with Crippen molar-refractivity contribution in [3.63, 3.8) is 0 Å². The molecule has 0 radical (unpaired) electrons. The van der Waals surface area contributed by atoms with Crippen LogP contribution in [0.15, 0.2) is 24.3 Å². The highest BCUT2D eigenvalue weighted by Crippen LogP contribution is 2.18. The maximum Gasteiger partial charge on any atom is 0.379 e. The van der Waals surface area contributed by atoms with Gasteiger partial charge < -0.3 is 4.74 Å². The quantitative estimate of drug-likeness (QED) is 0.433. The smallest absolute Gasteiger partial charge is 0.379 e. The second-order valence-corrected chi connectivity index (χ2v) is 3.67. The predicted molar refractivity (Wildman–Crippen MR) is 56.8 cm³/mol. The molecule has 0 heterocycles. The van der Waals surface area contributed by atoms with Crippen molar-refractivity contribution in [1.29, 1.82) is 0 Å². The molecule has 1 aromatic carbocycles. The topological polar surface area (TPSA) is 43.4 Å². The highest BCUT2D eigenvalue weighted by atomic mass is 16.5. The van der Waals surface area contributed by atoms with E-state index in [4.69, 9.17) is 4.74 Å². The van der Waals surface area contributed by atoms with Crippen LogP contribution in [0.25, 0.3) is 0 Å². The second kappa shape index (κ2) is 4.73. The lowest BCUT2D eigenvalue weighted by Crippen LogP contribution is -2.16. The minimum Gasteiger partial charge on any atom is -0.421 e. The molecule has 0 aromatic heterocycles. The molecule has 80 valence electrons. The van der Waals surface area contributed by atoms with E-state index in [1.165, 1.54) is 6.92 Å². The Kier molecular flexibility index (Phi) is 3.61. The van der Waals surface area contributed by atoms with Gasteiger partial charge in [-0.3, -0.25) is 4.79 Å². The molecule has 0 aliphatic rings. The van der Waals surface area contributed by atoms with Gasteiger partial charge in [-0.05, 0) is 23.6 Å². The molecule has 0 bridgehead atoms. The number of hydrogen-bond acceptors (Lipinski definition) is 3. The Morgan fingerprint density at radius 1 is 1.13 bits per heavy atom. The minimum absolute atomic E-state index is 0.402. The molecule has 0 aliphatic carbocycles. The number of carbonyl (C=O) groups is 2.